The Morgan fingerprint density at radius 3 is 2.81 bits per heavy atom. The van der Waals surface area contributed by atoms with Crippen molar-refractivity contribution in [2.24, 2.45) is 7.05 Å². The molecule has 0 saturated heterocycles. The summed E-state index contributed by atoms with van der Waals surface area (Å²) in [5.74, 6) is 0.398. The zero-order chi connectivity index (χ0) is 15.4. The molecule has 1 heterocycles. The van der Waals surface area contributed by atoms with Crippen molar-refractivity contribution in [1.82, 2.24) is 14.8 Å². The van der Waals surface area contributed by atoms with Gasteiger partial charge in [-0.2, -0.15) is 0 Å². The number of hydrogen-bond acceptors (Lipinski definition) is 5. The van der Waals surface area contributed by atoms with Gasteiger partial charge in [-0.25, -0.2) is 9.89 Å². The van der Waals surface area contributed by atoms with Gasteiger partial charge in [0.2, 0.25) is 5.91 Å². The number of aromatic nitrogens is 3. The van der Waals surface area contributed by atoms with Crippen LogP contribution in [0.1, 0.15) is 6.92 Å². The summed E-state index contributed by atoms with van der Waals surface area (Å²) < 4.78 is 6.54. The first-order valence-corrected chi connectivity index (χ1v) is 7.13. The highest BCUT2D eigenvalue weighted by atomic mass is 32.2. The van der Waals surface area contributed by atoms with E-state index in [1.54, 1.807) is 33.2 Å². The lowest BCUT2D eigenvalue weighted by molar-refractivity contribution is -0.115. The second kappa shape index (κ2) is 6.49. The molecule has 0 spiro atoms. The van der Waals surface area contributed by atoms with Gasteiger partial charge in [0.05, 0.1) is 18.0 Å². The van der Waals surface area contributed by atoms with Crippen LogP contribution in [-0.4, -0.2) is 33.0 Å². The Hall–Kier alpha value is -2.22. The molecule has 1 aromatic carbocycles. The molecule has 1 aromatic heterocycles. The number of benzene rings is 1. The Kier molecular flexibility index (Phi) is 4.69. The molecule has 2 aromatic rings. The molecule has 0 aliphatic carbocycles. The molecule has 0 bridgehead atoms. The monoisotopic (exact) mass is 308 g/mol. The summed E-state index contributed by atoms with van der Waals surface area (Å²) in [7, 11) is 3.14. The molecule has 8 heteroatoms. The maximum atomic E-state index is 12.2. The fourth-order valence-corrected chi connectivity index (χ4v) is 2.45. The minimum Gasteiger partial charge on any atom is -0.495 e. The molecule has 0 aliphatic rings. The molecule has 0 radical (unpaired) electrons. The number of nitrogens with zero attached hydrogens (tertiary/aromatic N) is 2. The first kappa shape index (κ1) is 15.2. The zero-order valence-corrected chi connectivity index (χ0v) is 12.7. The lowest BCUT2D eigenvalue weighted by Crippen LogP contribution is -2.23. The van der Waals surface area contributed by atoms with Crippen molar-refractivity contribution in [3.05, 3.63) is 34.7 Å². The summed E-state index contributed by atoms with van der Waals surface area (Å²) in [6.07, 6.45) is 0. The van der Waals surface area contributed by atoms with Gasteiger partial charge in [0.25, 0.3) is 0 Å². The fraction of sp³-hybridized carbons (Fsp3) is 0.308. The van der Waals surface area contributed by atoms with Gasteiger partial charge < -0.3 is 10.1 Å². The second-order valence-electron chi connectivity index (χ2n) is 4.32. The van der Waals surface area contributed by atoms with E-state index in [1.807, 2.05) is 12.1 Å². The van der Waals surface area contributed by atoms with Gasteiger partial charge in [-0.05, 0) is 19.1 Å². The molecule has 2 rings (SSSR count). The third-order valence-corrected chi connectivity index (χ3v) is 4.00. The number of ether oxygens (including phenoxy) is 1. The van der Waals surface area contributed by atoms with E-state index in [2.05, 4.69) is 15.5 Å². The number of para-hydroxylation sites is 2. The predicted octanol–water partition coefficient (Wildman–Crippen LogP) is 1.24. The summed E-state index contributed by atoms with van der Waals surface area (Å²) in [5.41, 5.74) is 0.295. The first-order valence-electron chi connectivity index (χ1n) is 6.25. The number of H-pyrrole nitrogens is 1. The maximum absolute atomic E-state index is 12.2. The van der Waals surface area contributed by atoms with E-state index in [0.29, 0.717) is 16.6 Å². The summed E-state index contributed by atoms with van der Waals surface area (Å²) >= 11 is 1.20. The molecule has 2 N–H and O–H groups in total. The zero-order valence-electron chi connectivity index (χ0n) is 11.9. The van der Waals surface area contributed by atoms with Crippen LogP contribution >= 0.6 is 11.8 Å². The molecule has 0 saturated carbocycles. The molecule has 1 amide bonds. The van der Waals surface area contributed by atoms with Crippen LogP contribution in [0.5, 0.6) is 5.75 Å². The van der Waals surface area contributed by atoms with Gasteiger partial charge in [0, 0.05) is 7.05 Å². The molecule has 0 aliphatic heterocycles. The van der Waals surface area contributed by atoms with E-state index >= 15 is 0 Å². The van der Waals surface area contributed by atoms with Gasteiger partial charge in [-0.1, -0.05) is 23.9 Å². The normalized spacial score (nSPS) is 12.0. The summed E-state index contributed by atoms with van der Waals surface area (Å²) in [6.45, 7) is 1.74. The van der Waals surface area contributed by atoms with Gasteiger partial charge >= 0.3 is 5.69 Å². The van der Waals surface area contributed by atoms with Crippen LogP contribution in [0.25, 0.3) is 0 Å². The number of anilines is 1. The van der Waals surface area contributed by atoms with Crippen molar-refractivity contribution in [2.45, 2.75) is 17.3 Å². The van der Waals surface area contributed by atoms with E-state index in [1.165, 1.54) is 16.3 Å². The molecule has 112 valence electrons. The van der Waals surface area contributed by atoms with E-state index in [-0.39, 0.29) is 11.6 Å². The van der Waals surface area contributed by atoms with E-state index in [4.69, 9.17) is 4.74 Å². The maximum Gasteiger partial charge on any atom is 0.343 e. The largest absolute Gasteiger partial charge is 0.495 e. The van der Waals surface area contributed by atoms with Crippen molar-refractivity contribution >= 4 is 23.4 Å². The Balaban J connectivity index is 2.06. The van der Waals surface area contributed by atoms with Gasteiger partial charge in [-0.15, -0.1) is 5.10 Å². The Morgan fingerprint density at radius 1 is 1.48 bits per heavy atom. The van der Waals surface area contributed by atoms with Crippen molar-refractivity contribution in [3.63, 3.8) is 0 Å². The van der Waals surface area contributed by atoms with Gasteiger partial charge in [0.15, 0.2) is 5.16 Å². The van der Waals surface area contributed by atoms with Crippen molar-refractivity contribution < 1.29 is 9.53 Å². The third-order valence-electron chi connectivity index (χ3n) is 2.86. The second-order valence-corrected chi connectivity index (χ2v) is 5.63. The van der Waals surface area contributed by atoms with Crippen molar-refractivity contribution in [2.75, 3.05) is 12.4 Å². The SMILES string of the molecule is COc1ccccc1NC(=O)C(C)Sc1n[nH]c(=O)n1C. The third kappa shape index (κ3) is 3.46. The molecule has 0 fully saturated rings. The quantitative estimate of drug-likeness (QED) is 0.811. The predicted molar refractivity (Wildman–Crippen MR) is 80.8 cm³/mol. The summed E-state index contributed by atoms with van der Waals surface area (Å²) in [5, 5.41) is 9.04. The average molecular weight is 308 g/mol. The molecule has 1 atom stereocenters. The number of carbonyl (C=O) groups is 1. The van der Waals surface area contributed by atoms with Crippen LogP contribution in [0.4, 0.5) is 5.69 Å². The Morgan fingerprint density at radius 2 is 2.19 bits per heavy atom. The van der Waals surface area contributed by atoms with Crippen molar-refractivity contribution in [3.8, 4) is 5.75 Å². The summed E-state index contributed by atoms with van der Waals surface area (Å²) in [4.78, 5) is 23.5. The van der Waals surface area contributed by atoms with Crippen molar-refractivity contribution in [1.29, 1.82) is 0 Å². The van der Waals surface area contributed by atoms with Gasteiger partial charge in [0.1, 0.15) is 5.75 Å². The Bertz CT molecular complexity index is 695. The highest BCUT2D eigenvalue weighted by molar-refractivity contribution is 8.00. The van der Waals surface area contributed by atoms with E-state index < -0.39 is 5.25 Å². The lowest BCUT2D eigenvalue weighted by atomic mass is 10.3. The number of rotatable bonds is 5. The highest BCUT2D eigenvalue weighted by Crippen LogP contribution is 2.25. The molecular formula is C13H16N4O3S. The van der Waals surface area contributed by atoms with Crippen LogP contribution < -0.4 is 15.7 Å². The lowest BCUT2D eigenvalue weighted by Gasteiger charge is -2.13. The number of carbonyl (C=O) groups excluding carboxylic acids is 1. The standard InChI is InChI=1S/C13H16N4O3S/c1-8(21-13-16-15-12(19)17(13)2)11(18)14-9-6-4-5-7-10(9)20-3/h4-8H,1-3H3,(H,14,18)(H,15,19). The Labute approximate surface area is 125 Å². The molecule has 7 nitrogen and oxygen atoms in total. The van der Waals surface area contributed by atoms with E-state index in [0.717, 1.165) is 0 Å². The fourth-order valence-electron chi connectivity index (χ4n) is 1.63. The van der Waals surface area contributed by atoms with Crippen LogP contribution in [0.15, 0.2) is 34.2 Å². The van der Waals surface area contributed by atoms with Crippen LogP contribution in [0.2, 0.25) is 0 Å². The minimum absolute atomic E-state index is 0.194. The number of amides is 1. The number of aromatic amines is 1. The summed E-state index contributed by atoms with van der Waals surface area (Å²) in [6, 6.07) is 7.17. The topological polar surface area (TPSA) is 89.0 Å². The average Bonchev–Trinajstić information content (AvgIpc) is 2.79. The highest BCUT2D eigenvalue weighted by Gasteiger charge is 2.19. The van der Waals surface area contributed by atoms with Crippen LogP contribution in [-0.2, 0) is 11.8 Å². The molecule has 21 heavy (non-hydrogen) atoms. The van der Waals surface area contributed by atoms with Gasteiger partial charge in [-0.3, -0.25) is 9.36 Å². The van der Waals surface area contributed by atoms with Crippen LogP contribution in [0.3, 0.4) is 0 Å². The smallest absolute Gasteiger partial charge is 0.343 e. The number of thioether (sulfide) groups is 1. The number of hydrogen-bond donors (Lipinski definition) is 2. The molecular weight excluding hydrogens is 292 g/mol. The van der Waals surface area contributed by atoms with Crippen LogP contribution in [0, 0.1) is 0 Å². The number of methoxy groups -OCH3 is 1. The minimum atomic E-state index is -0.413. The number of nitrogens with one attached hydrogen (secondary N) is 2. The van der Waals surface area contributed by atoms with E-state index in [9.17, 15) is 9.59 Å². The molecule has 1 unspecified atom stereocenters. The first-order chi connectivity index (χ1) is 10.0.